The molecule has 1 aliphatic carbocycles. The van der Waals surface area contributed by atoms with Gasteiger partial charge in [0.15, 0.2) is 5.69 Å². The van der Waals surface area contributed by atoms with Gasteiger partial charge in [-0.1, -0.05) is 11.6 Å². The minimum absolute atomic E-state index is 0.191. The van der Waals surface area contributed by atoms with E-state index in [0.29, 0.717) is 31.5 Å². The molecule has 5 nitrogen and oxygen atoms in total. The van der Waals surface area contributed by atoms with Crippen LogP contribution in [0.4, 0.5) is 31.1 Å². The summed E-state index contributed by atoms with van der Waals surface area (Å²) in [5.74, 6) is 0. The standard InChI is InChI=1S/C18H21F6N3O2/c1-15(2,3)29-14(28)26-8-16(9-26)5-11(6-16)4-12-7-27(10-17(19,20)21)25-13(12)18(22,23)24/h4,7H,5-6,8-10H2,1-3H3. The van der Waals surface area contributed by atoms with Gasteiger partial charge in [0.05, 0.1) is 0 Å². The van der Waals surface area contributed by atoms with Crippen molar-refractivity contribution in [2.45, 2.75) is 58.1 Å². The molecule has 0 aromatic carbocycles. The molecule has 0 radical (unpaired) electrons. The number of hydrogen-bond acceptors (Lipinski definition) is 3. The molecule has 29 heavy (non-hydrogen) atoms. The second-order valence-corrected chi connectivity index (χ2v) is 8.74. The Bertz CT molecular complexity index is 816. The maximum atomic E-state index is 13.1. The molecule has 1 aromatic rings. The third kappa shape index (κ3) is 5.05. The van der Waals surface area contributed by atoms with Gasteiger partial charge in [-0.2, -0.15) is 31.4 Å². The number of rotatable bonds is 2. The van der Waals surface area contributed by atoms with Gasteiger partial charge in [0.25, 0.3) is 0 Å². The molecule has 1 saturated heterocycles. The van der Waals surface area contributed by atoms with Crippen LogP contribution in [-0.2, 0) is 17.5 Å². The summed E-state index contributed by atoms with van der Waals surface area (Å²) in [6, 6.07) is 0. The van der Waals surface area contributed by atoms with Crippen LogP contribution in [0.25, 0.3) is 6.08 Å². The number of likely N-dealkylation sites (tertiary alicyclic amines) is 1. The van der Waals surface area contributed by atoms with Crippen molar-refractivity contribution in [3.05, 3.63) is 23.0 Å². The zero-order valence-electron chi connectivity index (χ0n) is 16.1. The highest BCUT2D eigenvalue weighted by molar-refractivity contribution is 5.70. The molecule has 3 rings (SSSR count). The van der Waals surface area contributed by atoms with Gasteiger partial charge in [-0.05, 0) is 33.6 Å². The van der Waals surface area contributed by atoms with E-state index in [-0.39, 0.29) is 15.7 Å². The molecular weight excluding hydrogens is 404 g/mol. The smallest absolute Gasteiger partial charge is 0.435 e. The number of carbonyl (C=O) groups excluding carboxylic acids is 1. The van der Waals surface area contributed by atoms with Crippen LogP contribution < -0.4 is 0 Å². The van der Waals surface area contributed by atoms with E-state index in [1.807, 2.05) is 0 Å². The van der Waals surface area contributed by atoms with Gasteiger partial charge in [-0.15, -0.1) is 0 Å². The van der Waals surface area contributed by atoms with Crippen LogP contribution in [-0.4, -0.2) is 45.6 Å². The lowest BCUT2D eigenvalue weighted by atomic mass is 9.60. The van der Waals surface area contributed by atoms with Gasteiger partial charge >= 0.3 is 18.4 Å². The zero-order chi connectivity index (χ0) is 21.8. The fourth-order valence-electron chi connectivity index (χ4n) is 3.70. The third-order valence-corrected chi connectivity index (χ3v) is 4.67. The van der Waals surface area contributed by atoms with Crippen LogP contribution in [0.5, 0.6) is 0 Å². The van der Waals surface area contributed by atoms with Gasteiger partial charge in [0, 0.05) is 30.3 Å². The van der Waals surface area contributed by atoms with Crippen LogP contribution in [0, 0.1) is 5.41 Å². The normalized spacial score (nSPS) is 19.1. The predicted molar refractivity (Wildman–Crippen MR) is 90.7 cm³/mol. The molecule has 1 spiro atoms. The van der Waals surface area contributed by atoms with Gasteiger partial charge in [-0.25, -0.2) is 4.79 Å². The fraction of sp³-hybridized carbons (Fsp3) is 0.667. The Morgan fingerprint density at radius 2 is 1.76 bits per heavy atom. The molecule has 1 amide bonds. The summed E-state index contributed by atoms with van der Waals surface area (Å²) in [6.45, 7) is 4.55. The van der Waals surface area contributed by atoms with E-state index in [1.54, 1.807) is 20.8 Å². The third-order valence-electron chi connectivity index (χ3n) is 4.67. The fourth-order valence-corrected chi connectivity index (χ4v) is 3.70. The lowest BCUT2D eigenvalue weighted by molar-refractivity contribution is -0.149. The van der Waals surface area contributed by atoms with E-state index in [9.17, 15) is 31.1 Å². The predicted octanol–water partition coefficient (Wildman–Crippen LogP) is 4.88. The number of nitrogens with zero attached hydrogens (tertiary/aromatic N) is 3. The number of alkyl halides is 6. The summed E-state index contributed by atoms with van der Waals surface area (Å²) < 4.78 is 82.3. The van der Waals surface area contributed by atoms with Crippen molar-refractivity contribution in [3.8, 4) is 0 Å². The molecule has 0 unspecified atom stereocenters. The first-order valence-corrected chi connectivity index (χ1v) is 8.94. The van der Waals surface area contributed by atoms with E-state index in [0.717, 1.165) is 6.20 Å². The van der Waals surface area contributed by atoms with Crippen LogP contribution in [0.3, 0.4) is 0 Å². The average Bonchev–Trinajstić information content (AvgIpc) is 2.77. The Morgan fingerprint density at radius 1 is 1.17 bits per heavy atom. The first kappa shape index (κ1) is 21.5. The summed E-state index contributed by atoms with van der Waals surface area (Å²) in [5.41, 5.74) is -1.84. The highest BCUT2D eigenvalue weighted by atomic mass is 19.4. The number of hydrogen-bond donors (Lipinski definition) is 0. The monoisotopic (exact) mass is 425 g/mol. The van der Waals surface area contributed by atoms with Crippen LogP contribution in [0.2, 0.25) is 0 Å². The van der Waals surface area contributed by atoms with Crippen LogP contribution >= 0.6 is 0 Å². The van der Waals surface area contributed by atoms with Gasteiger partial charge in [0.1, 0.15) is 12.1 Å². The summed E-state index contributed by atoms with van der Waals surface area (Å²) in [5, 5.41) is 3.08. The van der Waals surface area contributed by atoms with Gasteiger partial charge < -0.3 is 9.64 Å². The Morgan fingerprint density at radius 3 is 2.24 bits per heavy atom. The van der Waals surface area contributed by atoms with Crippen molar-refractivity contribution >= 4 is 12.2 Å². The number of amides is 1. The highest BCUT2D eigenvalue weighted by Gasteiger charge is 2.52. The first-order chi connectivity index (χ1) is 13.1. The molecule has 2 aliphatic rings. The number of halogens is 6. The average molecular weight is 425 g/mol. The number of carbonyl (C=O) groups is 1. The maximum absolute atomic E-state index is 13.1. The topological polar surface area (TPSA) is 47.4 Å². The second kappa shape index (κ2) is 6.66. The molecule has 11 heteroatoms. The summed E-state index contributed by atoms with van der Waals surface area (Å²) in [4.78, 5) is 13.5. The quantitative estimate of drug-likeness (QED) is 0.635. The van der Waals surface area contributed by atoms with Crippen LogP contribution in [0.15, 0.2) is 11.8 Å². The number of aromatic nitrogens is 2. The molecule has 1 saturated carbocycles. The van der Waals surface area contributed by atoms with Crippen molar-refractivity contribution < 1.29 is 35.9 Å². The van der Waals surface area contributed by atoms with E-state index in [1.165, 1.54) is 11.0 Å². The zero-order valence-corrected chi connectivity index (χ0v) is 16.1. The van der Waals surface area contributed by atoms with E-state index in [2.05, 4.69) is 5.10 Å². The summed E-state index contributed by atoms with van der Waals surface area (Å²) in [7, 11) is 0. The van der Waals surface area contributed by atoms with Crippen molar-refractivity contribution in [2.75, 3.05) is 13.1 Å². The van der Waals surface area contributed by atoms with E-state index >= 15 is 0 Å². The van der Waals surface area contributed by atoms with Crippen molar-refractivity contribution in [3.63, 3.8) is 0 Å². The van der Waals surface area contributed by atoms with E-state index < -0.39 is 36.3 Å². The lowest BCUT2D eigenvalue weighted by Crippen LogP contribution is -2.62. The second-order valence-electron chi connectivity index (χ2n) is 8.74. The van der Waals surface area contributed by atoms with Crippen molar-refractivity contribution in [1.82, 2.24) is 14.7 Å². The van der Waals surface area contributed by atoms with Crippen LogP contribution in [0.1, 0.15) is 44.9 Å². The largest absolute Gasteiger partial charge is 0.444 e. The molecule has 0 N–H and O–H groups in total. The maximum Gasteiger partial charge on any atom is 0.435 e. The lowest BCUT2D eigenvalue weighted by Gasteiger charge is -2.56. The number of ether oxygens (including phenoxy) is 1. The Labute approximate surface area is 163 Å². The number of allylic oxidation sites excluding steroid dienone is 1. The van der Waals surface area contributed by atoms with Gasteiger partial charge in [0.2, 0.25) is 0 Å². The SMILES string of the molecule is CC(C)(C)OC(=O)N1CC2(CC(=Cc3cn(CC(F)(F)F)nc3C(F)(F)F)C2)C1. The molecule has 0 bridgehead atoms. The molecule has 2 fully saturated rings. The summed E-state index contributed by atoms with van der Waals surface area (Å²) >= 11 is 0. The molecule has 1 aromatic heterocycles. The molecule has 0 atom stereocenters. The Hall–Kier alpha value is -2.20. The molecule has 1 aliphatic heterocycles. The summed E-state index contributed by atoms with van der Waals surface area (Å²) in [6.07, 6.45) is -6.98. The molecule has 162 valence electrons. The molecular formula is C18H21F6N3O2. The Balaban J connectivity index is 1.65. The minimum Gasteiger partial charge on any atom is -0.444 e. The van der Waals surface area contributed by atoms with E-state index in [4.69, 9.17) is 4.74 Å². The minimum atomic E-state index is -4.85. The van der Waals surface area contributed by atoms with Crippen molar-refractivity contribution in [1.29, 1.82) is 0 Å². The van der Waals surface area contributed by atoms with Crippen molar-refractivity contribution in [2.24, 2.45) is 5.41 Å². The first-order valence-electron chi connectivity index (χ1n) is 8.94. The Kier molecular flexibility index (Phi) is 4.94. The molecule has 2 heterocycles. The highest BCUT2D eigenvalue weighted by Crippen LogP contribution is 2.52. The van der Waals surface area contributed by atoms with Gasteiger partial charge in [-0.3, -0.25) is 4.68 Å².